The van der Waals surface area contributed by atoms with Crippen LogP contribution >= 0.6 is 0 Å². The molecule has 0 amide bonds. The van der Waals surface area contributed by atoms with E-state index in [-0.39, 0.29) is 41.8 Å². The van der Waals surface area contributed by atoms with Crippen molar-refractivity contribution in [3.63, 3.8) is 0 Å². The van der Waals surface area contributed by atoms with E-state index in [2.05, 4.69) is 6.92 Å². The fraction of sp³-hybridized carbons (Fsp3) is 0.545. The number of fused-ring (bicyclic) bond motifs is 1. The second-order valence-corrected chi connectivity index (χ2v) is 6.72. The zero-order chi connectivity index (χ0) is 21.1. The molecular formula is C22H30O7. The number of hydrogen-bond acceptors (Lipinski definition) is 7. The molecule has 0 fully saturated rings. The minimum Gasteiger partial charge on any atom is -0.504 e. The molecule has 1 aromatic carbocycles. The molecule has 160 valence electrons. The fourth-order valence-electron chi connectivity index (χ4n) is 2.94. The van der Waals surface area contributed by atoms with E-state index in [1.54, 1.807) is 25.1 Å². The molecule has 1 heterocycles. The van der Waals surface area contributed by atoms with Gasteiger partial charge in [0.05, 0.1) is 31.6 Å². The Labute approximate surface area is 170 Å². The number of ether oxygens (including phenoxy) is 3. The van der Waals surface area contributed by atoms with Crippen LogP contribution in [0.3, 0.4) is 0 Å². The number of benzene rings is 1. The highest BCUT2D eigenvalue weighted by atomic mass is 16.5. The minimum atomic E-state index is -0.762. The SMILES string of the molecule is CCCCCCCCOc1c(O)c2cccc(OCCC(=O)OCC)c2oc1=O. The highest BCUT2D eigenvalue weighted by Gasteiger charge is 2.18. The van der Waals surface area contributed by atoms with Crippen LogP contribution in [0, 0.1) is 0 Å². The molecule has 0 aliphatic rings. The molecule has 0 saturated heterocycles. The maximum Gasteiger partial charge on any atom is 0.383 e. The van der Waals surface area contributed by atoms with Gasteiger partial charge in [0.15, 0.2) is 17.1 Å². The molecule has 0 saturated carbocycles. The van der Waals surface area contributed by atoms with Crippen molar-refractivity contribution in [3.8, 4) is 17.2 Å². The quantitative estimate of drug-likeness (QED) is 0.296. The molecular weight excluding hydrogens is 376 g/mol. The van der Waals surface area contributed by atoms with E-state index in [9.17, 15) is 14.7 Å². The van der Waals surface area contributed by atoms with Crippen molar-refractivity contribution in [1.29, 1.82) is 0 Å². The van der Waals surface area contributed by atoms with Crippen molar-refractivity contribution < 1.29 is 28.5 Å². The standard InChI is InChI=1S/C22H30O7/c1-3-5-6-7-8-9-14-28-21-19(24)16-11-10-12-17(20(16)29-22(21)25)27-15-13-18(23)26-4-2/h10-12,24H,3-9,13-15H2,1-2H3. The third-order valence-corrected chi connectivity index (χ3v) is 4.44. The maximum absolute atomic E-state index is 12.3. The molecule has 2 rings (SSSR count). The molecule has 0 unspecified atom stereocenters. The van der Waals surface area contributed by atoms with Gasteiger partial charge in [-0.2, -0.15) is 0 Å². The Balaban J connectivity index is 2.03. The topological polar surface area (TPSA) is 95.2 Å². The highest BCUT2D eigenvalue weighted by molar-refractivity contribution is 5.89. The molecule has 0 aliphatic heterocycles. The van der Waals surface area contributed by atoms with Gasteiger partial charge in [-0.25, -0.2) is 4.79 Å². The summed E-state index contributed by atoms with van der Waals surface area (Å²) < 4.78 is 21.2. The Hall–Kier alpha value is -2.70. The summed E-state index contributed by atoms with van der Waals surface area (Å²) in [5, 5.41) is 10.8. The number of esters is 1. The smallest absolute Gasteiger partial charge is 0.383 e. The van der Waals surface area contributed by atoms with Crippen molar-refractivity contribution in [2.45, 2.75) is 58.8 Å². The Bertz CT molecular complexity index is 841. The number of hydrogen-bond donors (Lipinski definition) is 1. The van der Waals surface area contributed by atoms with Crippen molar-refractivity contribution in [1.82, 2.24) is 0 Å². The lowest BCUT2D eigenvalue weighted by Crippen LogP contribution is -2.11. The first-order chi connectivity index (χ1) is 14.1. The van der Waals surface area contributed by atoms with Crippen molar-refractivity contribution in [2.24, 2.45) is 0 Å². The first-order valence-electron chi connectivity index (χ1n) is 10.3. The van der Waals surface area contributed by atoms with Gasteiger partial charge in [-0.15, -0.1) is 0 Å². The number of aromatic hydroxyl groups is 1. The zero-order valence-electron chi connectivity index (χ0n) is 17.2. The van der Waals surface area contributed by atoms with Gasteiger partial charge in [0.1, 0.15) is 0 Å². The van der Waals surface area contributed by atoms with Gasteiger partial charge in [-0.1, -0.05) is 45.1 Å². The summed E-state index contributed by atoms with van der Waals surface area (Å²) in [7, 11) is 0. The highest BCUT2D eigenvalue weighted by Crippen LogP contribution is 2.35. The van der Waals surface area contributed by atoms with Gasteiger partial charge < -0.3 is 23.7 Å². The molecule has 29 heavy (non-hydrogen) atoms. The molecule has 7 heteroatoms. The third kappa shape index (κ3) is 6.69. The van der Waals surface area contributed by atoms with E-state index in [0.29, 0.717) is 18.6 Å². The van der Waals surface area contributed by atoms with E-state index in [4.69, 9.17) is 18.6 Å². The first-order valence-corrected chi connectivity index (χ1v) is 10.3. The van der Waals surface area contributed by atoms with Gasteiger partial charge in [0.2, 0.25) is 5.75 Å². The lowest BCUT2D eigenvalue weighted by molar-refractivity contribution is -0.143. The monoisotopic (exact) mass is 406 g/mol. The zero-order valence-corrected chi connectivity index (χ0v) is 17.2. The minimum absolute atomic E-state index is 0.0682. The van der Waals surface area contributed by atoms with Gasteiger partial charge in [0, 0.05) is 0 Å². The molecule has 0 spiro atoms. The van der Waals surface area contributed by atoms with Gasteiger partial charge in [0.25, 0.3) is 0 Å². The van der Waals surface area contributed by atoms with Crippen molar-refractivity contribution in [3.05, 3.63) is 28.6 Å². The molecule has 0 aliphatic carbocycles. The van der Waals surface area contributed by atoms with Crippen LogP contribution in [0.2, 0.25) is 0 Å². The van der Waals surface area contributed by atoms with Crippen LogP contribution in [-0.4, -0.2) is 30.9 Å². The molecule has 1 aromatic heterocycles. The Morgan fingerprint density at radius 1 is 1.03 bits per heavy atom. The van der Waals surface area contributed by atoms with E-state index in [0.717, 1.165) is 19.3 Å². The first kappa shape index (κ1) is 22.6. The Morgan fingerprint density at radius 3 is 2.55 bits per heavy atom. The summed E-state index contributed by atoms with van der Waals surface area (Å²) in [5.41, 5.74) is -0.645. The maximum atomic E-state index is 12.3. The van der Waals surface area contributed by atoms with Crippen molar-refractivity contribution in [2.75, 3.05) is 19.8 Å². The molecule has 1 N–H and O–H groups in total. The summed E-state index contributed by atoms with van der Waals surface area (Å²) in [6, 6.07) is 4.88. The number of rotatable bonds is 13. The molecule has 0 atom stereocenters. The fourth-order valence-corrected chi connectivity index (χ4v) is 2.94. The number of carbonyl (C=O) groups is 1. The molecule has 0 bridgehead atoms. The predicted octanol–water partition coefficient (Wildman–Crippen LogP) is 4.57. The normalized spacial score (nSPS) is 10.8. The number of para-hydroxylation sites is 1. The average Bonchev–Trinajstić information content (AvgIpc) is 2.70. The predicted molar refractivity (Wildman–Crippen MR) is 110 cm³/mol. The molecule has 7 nitrogen and oxygen atoms in total. The van der Waals surface area contributed by atoms with Crippen molar-refractivity contribution >= 4 is 16.9 Å². The summed E-state index contributed by atoms with van der Waals surface area (Å²) in [6.45, 7) is 4.61. The summed E-state index contributed by atoms with van der Waals surface area (Å²) in [5.74, 6) is -0.558. The Kier molecular flexibility index (Phi) is 9.34. The third-order valence-electron chi connectivity index (χ3n) is 4.44. The van der Waals surface area contributed by atoms with E-state index >= 15 is 0 Å². The summed E-state index contributed by atoms with van der Waals surface area (Å²) in [4.78, 5) is 23.7. The second-order valence-electron chi connectivity index (χ2n) is 6.72. The molecule has 0 radical (unpaired) electrons. The number of unbranched alkanes of at least 4 members (excludes halogenated alkanes) is 5. The van der Waals surface area contributed by atoms with E-state index < -0.39 is 5.63 Å². The average molecular weight is 406 g/mol. The van der Waals surface area contributed by atoms with Gasteiger partial charge >= 0.3 is 11.6 Å². The summed E-state index contributed by atoms with van der Waals surface area (Å²) >= 11 is 0. The van der Waals surface area contributed by atoms with Gasteiger partial charge in [-0.05, 0) is 25.5 Å². The van der Waals surface area contributed by atoms with Gasteiger partial charge in [-0.3, -0.25) is 4.79 Å². The number of carbonyl (C=O) groups excluding carboxylic acids is 1. The second kappa shape index (κ2) is 12.0. The lowest BCUT2D eigenvalue weighted by atomic mass is 10.1. The van der Waals surface area contributed by atoms with Crippen LogP contribution in [0.25, 0.3) is 11.0 Å². The van der Waals surface area contributed by atoms with Crippen LogP contribution in [0.5, 0.6) is 17.2 Å². The van der Waals surface area contributed by atoms with E-state index in [1.165, 1.54) is 19.3 Å². The van der Waals surface area contributed by atoms with Crippen LogP contribution in [0.1, 0.15) is 58.8 Å². The summed E-state index contributed by atoms with van der Waals surface area (Å²) in [6.07, 6.45) is 6.62. The van der Waals surface area contributed by atoms with Crippen LogP contribution in [0.4, 0.5) is 0 Å². The molecule has 2 aromatic rings. The van der Waals surface area contributed by atoms with Crippen LogP contribution in [0.15, 0.2) is 27.4 Å². The van der Waals surface area contributed by atoms with Crippen LogP contribution < -0.4 is 15.1 Å². The Morgan fingerprint density at radius 2 is 1.79 bits per heavy atom. The van der Waals surface area contributed by atoms with Crippen LogP contribution in [-0.2, 0) is 9.53 Å². The largest absolute Gasteiger partial charge is 0.504 e. The lowest BCUT2D eigenvalue weighted by Gasteiger charge is -2.11. The van der Waals surface area contributed by atoms with E-state index in [1.807, 2.05) is 0 Å².